The van der Waals surface area contributed by atoms with E-state index in [9.17, 15) is 9.65 Å². The minimum Gasteiger partial charge on any atom is -0.369 e. The van der Waals surface area contributed by atoms with Gasteiger partial charge in [-0.05, 0) is 43.9 Å². The summed E-state index contributed by atoms with van der Waals surface area (Å²) in [5.41, 5.74) is -0.0152. The number of nitrogens with one attached hydrogen (secondary N) is 1. The Morgan fingerprint density at radius 2 is 2.15 bits per heavy atom. The summed E-state index contributed by atoms with van der Waals surface area (Å²) in [6.45, 7) is 3.41. The van der Waals surface area contributed by atoms with Gasteiger partial charge in [0.25, 0.3) is 0 Å². The Morgan fingerprint density at radius 1 is 1.45 bits per heavy atom. The predicted octanol–water partition coefficient (Wildman–Crippen LogP) is 2.93. The van der Waals surface area contributed by atoms with Crippen LogP contribution in [-0.4, -0.2) is 25.7 Å². The first-order valence-corrected chi connectivity index (χ1v) is 7.25. The summed E-state index contributed by atoms with van der Waals surface area (Å²) in [6.07, 6.45) is 3.14. The molecule has 0 aliphatic heterocycles. The number of benzene rings is 1. The van der Waals surface area contributed by atoms with Crippen molar-refractivity contribution in [3.05, 3.63) is 30.1 Å². The van der Waals surface area contributed by atoms with Crippen molar-refractivity contribution in [2.45, 2.75) is 31.7 Å². The minimum absolute atomic E-state index is 0.242. The molecule has 1 atom stereocenters. The Kier molecular flexibility index (Phi) is 4.61. The second kappa shape index (κ2) is 6.23. The zero-order valence-electron chi connectivity index (χ0n) is 12.2. The Bertz CT molecular complexity index is 493. The number of rotatable bonds is 7. The monoisotopic (exact) mass is 275 g/mol. The molecule has 0 spiro atoms. The van der Waals surface area contributed by atoms with Crippen LogP contribution in [0, 0.1) is 23.1 Å². The second-order valence-corrected chi connectivity index (χ2v) is 5.59. The second-order valence-electron chi connectivity index (χ2n) is 5.59. The highest BCUT2D eigenvalue weighted by atomic mass is 19.1. The van der Waals surface area contributed by atoms with E-state index in [2.05, 4.69) is 18.3 Å². The molecule has 108 valence electrons. The molecule has 1 fully saturated rings. The highest BCUT2D eigenvalue weighted by Gasteiger charge is 2.46. The van der Waals surface area contributed by atoms with Crippen LogP contribution in [0.25, 0.3) is 0 Å². The third kappa shape index (κ3) is 3.10. The van der Waals surface area contributed by atoms with Gasteiger partial charge in [0, 0.05) is 13.6 Å². The normalized spacial score (nSPS) is 17.3. The Hall–Kier alpha value is -1.60. The third-order valence-corrected chi connectivity index (χ3v) is 3.91. The average Bonchev–Trinajstić information content (AvgIpc) is 3.29. The summed E-state index contributed by atoms with van der Waals surface area (Å²) in [5, 5.41) is 13.0. The molecule has 1 aliphatic carbocycles. The quantitative estimate of drug-likeness (QED) is 0.831. The van der Waals surface area contributed by atoms with Crippen molar-refractivity contribution in [3.63, 3.8) is 0 Å². The largest absolute Gasteiger partial charge is 0.369 e. The summed E-state index contributed by atoms with van der Waals surface area (Å²) < 4.78 is 13.8. The topological polar surface area (TPSA) is 39.1 Å². The number of nitriles is 1. The van der Waals surface area contributed by atoms with Gasteiger partial charge in [-0.3, -0.25) is 5.32 Å². The fourth-order valence-corrected chi connectivity index (χ4v) is 2.64. The van der Waals surface area contributed by atoms with Crippen LogP contribution < -0.4 is 10.2 Å². The van der Waals surface area contributed by atoms with Gasteiger partial charge in [-0.1, -0.05) is 19.1 Å². The summed E-state index contributed by atoms with van der Waals surface area (Å²) in [6, 6.07) is 9.17. The molecule has 3 nitrogen and oxygen atoms in total. The zero-order chi connectivity index (χ0) is 14.6. The number of hydrogen-bond donors (Lipinski definition) is 1. The van der Waals surface area contributed by atoms with Crippen molar-refractivity contribution >= 4 is 5.69 Å². The number of hydrogen-bond acceptors (Lipinski definition) is 3. The zero-order valence-corrected chi connectivity index (χ0v) is 12.2. The van der Waals surface area contributed by atoms with E-state index in [1.54, 1.807) is 12.1 Å². The van der Waals surface area contributed by atoms with Crippen LogP contribution in [0.4, 0.5) is 10.1 Å². The van der Waals surface area contributed by atoms with E-state index in [0.29, 0.717) is 18.2 Å². The molecule has 0 aromatic heterocycles. The Morgan fingerprint density at radius 3 is 2.70 bits per heavy atom. The molecule has 20 heavy (non-hydrogen) atoms. The molecule has 1 aromatic rings. The molecule has 0 saturated heterocycles. The fourth-order valence-electron chi connectivity index (χ4n) is 2.64. The molecule has 0 bridgehead atoms. The molecule has 4 heteroatoms. The summed E-state index contributed by atoms with van der Waals surface area (Å²) in [5.74, 6) is 0.140. The molecule has 0 amide bonds. The van der Waals surface area contributed by atoms with E-state index in [0.717, 1.165) is 25.8 Å². The molecule has 1 N–H and O–H groups in total. The summed E-state index contributed by atoms with van der Waals surface area (Å²) in [4.78, 5) is 1.85. The van der Waals surface area contributed by atoms with Gasteiger partial charge in [0.05, 0.1) is 11.8 Å². The average molecular weight is 275 g/mol. The highest BCUT2D eigenvalue weighted by molar-refractivity contribution is 5.48. The summed E-state index contributed by atoms with van der Waals surface area (Å²) in [7, 11) is 1.85. The van der Waals surface area contributed by atoms with E-state index in [1.807, 2.05) is 18.0 Å². The van der Waals surface area contributed by atoms with Gasteiger partial charge < -0.3 is 4.90 Å². The van der Waals surface area contributed by atoms with Crippen LogP contribution in [0.2, 0.25) is 0 Å². The lowest BCUT2D eigenvalue weighted by Gasteiger charge is -2.33. The molecular weight excluding hydrogens is 253 g/mol. The van der Waals surface area contributed by atoms with Crippen molar-refractivity contribution in [3.8, 4) is 6.07 Å². The number of para-hydroxylation sites is 1. The molecule has 1 saturated carbocycles. The van der Waals surface area contributed by atoms with Gasteiger partial charge in [-0.25, -0.2) is 4.39 Å². The van der Waals surface area contributed by atoms with Gasteiger partial charge in [0.15, 0.2) is 0 Å². The molecule has 1 aromatic carbocycles. The van der Waals surface area contributed by atoms with Gasteiger partial charge >= 0.3 is 0 Å². The molecule has 2 rings (SSSR count). The lowest BCUT2D eigenvalue weighted by Crippen LogP contribution is -2.54. The molecule has 1 unspecified atom stereocenters. The van der Waals surface area contributed by atoms with E-state index in [4.69, 9.17) is 0 Å². The van der Waals surface area contributed by atoms with Crippen LogP contribution in [0.5, 0.6) is 0 Å². The number of anilines is 1. The third-order valence-electron chi connectivity index (χ3n) is 3.91. The lowest BCUT2D eigenvalue weighted by molar-refractivity contribution is 0.368. The maximum Gasteiger partial charge on any atom is 0.146 e. The van der Waals surface area contributed by atoms with E-state index >= 15 is 0 Å². The summed E-state index contributed by atoms with van der Waals surface area (Å²) >= 11 is 0. The Balaban J connectivity index is 2.15. The van der Waals surface area contributed by atoms with Crippen molar-refractivity contribution in [1.82, 2.24) is 5.32 Å². The molecule has 1 aliphatic rings. The van der Waals surface area contributed by atoms with Gasteiger partial charge in [-0.2, -0.15) is 5.26 Å². The van der Waals surface area contributed by atoms with Crippen molar-refractivity contribution < 1.29 is 4.39 Å². The molecule has 0 radical (unpaired) electrons. The highest BCUT2D eigenvalue weighted by Crippen LogP contribution is 2.40. The van der Waals surface area contributed by atoms with Gasteiger partial charge in [-0.15, -0.1) is 0 Å². The minimum atomic E-state index is -0.562. The van der Waals surface area contributed by atoms with Crippen LogP contribution in [0.1, 0.15) is 26.2 Å². The van der Waals surface area contributed by atoms with Crippen LogP contribution in [-0.2, 0) is 0 Å². The molecule has 0 heterocycles. The molecular formula is C16H22FN3. The fraction of sp³-hybridized carbons (Fsp3) is 0.562. The van der Waals surface area contributed by atoms with Crippen molar-refractivity contribution in [2.75, 3.05) is 25.0 Å². The van der Waals surface area contributed by atoms with E-state index in [-0.39, 0.29) is 5.82 Å². The lowest BCUT2D eigenvalue weighted by atomic mass is 9.93. The van der Waals surface area contributed by atoms with Crippen molar-refractivity contribution in [1.29, 1.82) is 5.26 Å². The van der Waals surface area contributed by atoms with E-state index < -0.39 is 5.54 Å². The maximum atomic E-state index is 13.8. The van der Waals surface area contributed by atoms with Gasteiger partial charge in [0.1, 0.15) is 11.4 Å². The first kappa shape index (κ1) is 14.8. The maximum absolute atomic E-state index is 13.8. The standard InChI is InChI=1S/C16H22FN3/c1-3-10-19-16(11-18,13-8-9-13)12-20(2)15-7-5-4-6-14(15)17/h4-7,13,19H,3,8-10,12H2,1-2H3. The number of nitrogens with zero attached hydrogens (tertiary/aromatic N) is 2. The van der Waals surface area contributed by atoms with Crippen molar-refractivity contribution in [2.24, 2.45) is 5.92 Å². The first-order chi connectivity index (χ1) is 9.63. The number of likely N-dealkylation sites (N-methyl/N-ethyl adjacent to an activating group) is 1. The smallest absolute Gasteiger partial charge is 0.146 e. The predicted molar refractivity (Wildman–Crippen MR) is 79.0 cm³/mol. The van der Waals surface area contributed by atoms with Crippen LogP contribution in [0.15, 0.2) is 24.3 Å². The van der Waals surface area contributed by atoms with Crippen LogP contribution in [0.3, 0.4) is 0 Å². The first-order valence-electron chi connectivity index (χ1n) is 7.25. The van der Waals surface area contributed by atoms with Crippen LogP contribution >= 0.6 is 0 Å². The van der Waals surface area contributed by atoms with Gasteiger partial charge in [0.2, 0.25) is 0 Å². The Labute approximate surface area is 120 Å². The SMILES string of the molecule is CCCNC(C#N)(CN(C)c1ccccc1F)C1CC1. The number of halogens is 1. The van der Waals surface area contributed by atoms with E-state index in [1.165, 1.54) is 6.07 Å².